The zero-order chi connectivity index (χ0) is 18.0. The molecule has 1 N–H and O–H groups in total. The van der Waals surface area contributed by atoms with E-state index in [1.807, 2.05) is 16.9 Å². The molecule has 0 radical (unpaired) electrons. The molecule has 0 aliphatic carbocycles. The topological polar surface area (TPSA) is 67.2 Å². The van der Waals surface area contributed by atoms with E-state index in [-0.39, 0.29) is 6.04 Å². The zero-order valence-electron chi connectivity index (χ0n) is 15.1. The van der Waals surface area contributed by atoms with Crippen molar-refractivity contribution in [1.29, 1.82) is 0 Å². The van der Waals surface area contributed by atoms with Gasteiger partial charge in [-0.1, -0.05) is 29.3 Å². The standard InChI is InChI=1S/C18H26N4O2S/c1-14-8-15(2)10-16(9-14)11-21-12-17-4-6-19-22(17)18(13-21)5-7-20-25(3,23)24/h4,6,8-10,18,20H,5,7,11-13H2,1-3H3/t18-/m1/s1. The molecule has 6 nitrogen and oxygen atoms in total. The minimum Gasteiger partial charge on any atom is -0.291 e. The lowest BCUT2D eigenvalue weighted by Gasteiger charge is -2.34. The summed E-state index contributed by atoms with van der Waals surface area (Å²) in [7, 11) is -3.15. The van der Waals surface area contributed by atoms with Gasteiger partial charge in [0.1, 0.15) is 0 Å². The molecule has 25 heavy (non-hydrogen) atoms. The molecule has 0 saturated heterocycles. The van der Waals surface area contributed by atoms with E-state index >= 15 is 0 Å². The molecular weight excluding hydrogens is 336 g/mol. The zero-order valence-corrected chi connectivity index (χ0v) is 15.9. The Bertz CT molecular complexity index is 824. The van der Waals surface area contributed by atoms with Crippen molar-refractivity contribution in [2.45, 2.75) is 39.4 Å². The third-order valence-corrected chi connectivity index (χ3v) is 5.21. The summed E-state index contributed by atoms with van der Waals surface area (Å²) in [6, 6.07) is 8.89. The third-order valence-electron chi connectivity index (χ3n) is 4.48. The molecule has 0 bridgehead atoms. The summed E-state index contributed by atoms with van der Waals surface area (Å²) in [6.45, 7) is 7.31. The van der Waals surface area contributed by atoms with Crippen molar-refractivity contribution >= 4 is 10.0 Å². The first-order valence-corrected chi connectivity index (χ1v) is 10.5. The molecule has 136 valence electrons. The van der Waals surface area contributed by atoms with Crippen molar-refractivity contribution in [1.82, 2.24) is 19.4 Å². The number of nitrogens with zero attached hydrogens (tertiary/aromatic N) is 3. The van der Waals surface area contributed by atoms with Crippen LogP contribution in [0.2, 0.25) is 0 Å². The van der Waals surface area contributed by atoms with Crippen LogP contribution in [0.25, 0.3) is 0 Å². The first kappa shape index (κ1) is 18.1. The molecule has 0 fully saturated rings. The van der Waals surface area contributed by atoms with Gasteiger partial charge in [0.05, 0.1) is 18.0 Å². The first-order chi connectivity index (χ1) is 11.8. The van der Waals surface area contributed by atoms with E-state index in [2.05, 4.69) is 46.8 Å². The minimum atomic E-state index is -3.15. The van der Waals surface area contributed by atoms with Gasteiger partial charge < -0.3 is 0 Å². The Hall–Kier alpha value is -1.70. The van der Waals surface area contributed by atoms with Crippen molar-refractivity contribution in [3.05, 3.63) is 52.8 Å². The second kappa shape index (κ2) is 7.27. The summed E-state index contributed by atoms with van der Waals surface area (Å²) in [5, 5.41) is 4.44. The Kier molecular flexibility index (Phi) is 5.27. The van der Waals surface area contributed by atoms with Crippen molar-refractivity contribution in [2.75, 3.05) is 19.3 Å². The largest absolute Gasteiger partial charge is 0.291 e. The predicted octanol–water partition coefficient (Wildman–Crippen LogP) is 2.00. The fourth-order valence-electron chi connectivity index (χ4n) is 3.63. The molecule has 1 aromatic carbocycles. The second-order valence-corrected chi connectivity index (χ2v) is 8.87. The highest BCUT2D eigenvalue weighted by atomic mass is 32.2. The van der Waals surface area contributed by atoms with Gasteiger partial charge in [0.15, 0.2) is 0 Å². The molecule has 0 spiro atoms. The molecule has 3 rings (SSSR count). The normalized spacial score (nSPS) is 18.3. The van der Waals surface area contributed by atoms with Crippen LogP contribution in [-0.2, 0) is 23.1 Å². The lowest BCUT2D eigenvalue weighted by Crippen LogP contribution is -2.38. The average molecular weight is 362 g/mol. The molecule has 7 heteroatoms. The number of rotatable bonds is 6. The summed E-state index contributed by atoms with van der Waals surface area (Å²) < 4.78 is 27.2. The monoisotopic (exact) mass is 362 g/mol. The van der Waals surface area contributed by atoms with Crippen LogP contribution in [0.4, 0.5) is 0 Å². The van der Waals surface area contributed by atoms with Crippen molar-refractivity contribution < 1.29 is 8.42 Å². The van der Waals surface area contributed by atoms with E-state index in [1.165, 1.54) is 28.6 Å². The van der Waals surface area contributed by atoms with E-state index < -0.39 is 10.0 Å². The average Bonchev–Trinajstić information content (AvgIpc) is 2.93. The van der Waals surface area contributed by atoms with Crippen LogP contribution in [0.3, 0.4) is 0 Å². The molecule has 1 aromatic heterocycles. The Morgan fingerprint density at radius 2 is 1.96 bits per heavy atom. The van der Waals surface area contributed by atoms with Crippen LogP contribution in [0.1, 0.15) is 34.8 Å². The minimum absolute atomic E-state index is 0.180. The van der Waals surface area contributed by atoms with Gasteiger partial charge in [-0.05, 0) is 31.9 Å². The highest BCUT2D eigenvalue weighted by Crippen LogP contribution is 2.24. The Morgan fingerprint density at radius 3 is 2.64 bits per heavy atom. The number of sulfonamides is 1. The maximum atomic E-state index is 11.3. The summed E-state index contributed by atoms with van der Waals surface area (Å²) in [5.41, 5.74) is 5.07. The SMILES string of the molecule is Cc1cc(C)cc(CN2Cc3ccnn3[C@H](CCNS(C)(=O)=O)C2)c1. The number of hydrogen-bond donors (Lipinski definition) is 1. The van der Waals surface area contributed by atoms with E-state index in [0.717, 1.165) is 26.1 Å². The molecule has 2 aromatic rings. The number of aryl methyl sites for hydroxylation is 2. The first-order valence-electron chi connectivity index (χ1n) is 8.57. The smallest absolute Gasteiger partial charge is 0.208 e. The maximum absolute atomic E-state index is 11.3. The Morgan fingerprint density at radius 1 is 1.24 bits per heavy atom. The Balaban J connectivity index is 1.70. The van der Waals surface area contributed by atoms with Crippen LogP contribution in [0.15, 0.2) is 30.5 Å². The van der Waals surface area contributed by atoms with Crippen molar-refractivity contribution in [3.63, 3.8) is 0 Å². The van der Waals surface area contributed by atoms with Crippen molar-refractivity contribution in [3.8, 4) is 0 Å². The van der Waals surface area contributed by atoms with Gasteiger partial charge in [-0.3, -0.25) is 9.58 Å². The number of benzene rings is 1. The lowest BCUT2D eigenvalue weighted by molar-refractivity contribution is 0.162. The molecular formula is C18H26N4O2S. The van der Waals surface area contributed by atoms with E-state index in [1.54, 1.807) is 0 Å². The molecule has 0 unspecified atom stereocenters. The summed E-state index contributed by atoms with van der Waals surface area (Å²) in [5.74, 6) is 0. The fraction of sp³-hybridized carbons (Fsp3) is 0.500. The van der Waals surface area contributed by atoms with Gasteiger partial charge in [0, 0.05) is 32.4 Å². The van der Waals surface area contributed by atoms with E-state index in [9.17, 15) is 8.42 Å². The van der Waals surface area contributed by atoms with E-state index in [4.69, 9.17) is 0 Å². The Labute approximate surface area is 149 Å². The van der Waals surface area contributed by atoms with Gasteiger partial charge in [0.2, 0.25) is 10.0 Å². The molecule has 0 saturated carbocycles. The molecule has 0 amide bonds. The van der Waals surface area contributed by atoms with Gasteiger partial charge in [-0.15, -0.1) is 0 Å². The molecule has 1 atom stereocenters. The van der Waals surface area contributed by atoms with Crippen LogP contribution >= 0.6 is 0 Å². The fourth-order valence-corrected chi connectivity index (χ4v) is 4.12. The van der Waals surface area contributed by atoms with Gasteiger partial charge in [0.25, 0.3) is 0 Å². The highest BCUT2D eigenvalue weighted by molar-refractivity contribution is 7.88. The quantitative estimate of drug-likeness (QED) is 0.853. The van der Waals surface area contributed by atoms with Gasteiger partial charge >= 0.3 is 0 Å². The predicted molar refractivity (Wildman–Crippen MR) is 98.8 cm³/mol. The van der Waals surface area contributed by atoms with Crippen molar-refractivity contribution in [2.24, 2.45) is 0 Å². The number of aromatic nitrogens is 2. The molecule has 1 aliphatic heterocycles. The third kappa shape index (κ3) is 4.90. The number of hydrogen-bond acceptors (Lipinski definition) is 4. The second-order valence-electron chi connectivity index (χ2n) is 7.04. The molecule has 1 aliphatic rings. The highest BCUT2D eigenvalue weighted by Gasteiger charge is 2.25. The van der Waals surface area contributed by atoms with Crippen LogP contribution < -0.4 is 4.72 Å². The number of fused-ring (bicyclic) bond motifs is 1. The van der Waals surface area contributed by atoms with Crippen LogP contribution in [0.5, 0.6) is 0 Å². The van der Waals surface area contributed by atoms with Crippen LogP contribution in [-0.4, -0.2) is 42.4 Å². The van der Waals surface area contributed by atoms with E-state index in [0.29, 0.717) is 6.54 Å². The molecule has 2 heterocycles. The summed E-state index contributed by atoms with van der Waals surface area (Å²) >= 11 is 0. The lowest BCUT2D eigenvalue weighted by atomic mass is 10.1. The summed E-state index contributed by atoms with van der Waals surface area (Å²) in [4.78, 5) is 2.41. The summed E-state index contributed by atoms with van der Waals surface area (Å²) in [6.07, 6.45) is 3.75. The van der Waals surface area contributed by atoms with Gasteiger partial charge in [-0.25, -0.2) is 13.1 Å². The van der Waals surface area contributed by atoms with Crippen LogP contribution in [0, 0.1) is 13.8 Å². The number of nitrogens with one attached hydrogen (secondary N) is 1. The van der Waals surface area contributed by atoms with Gasteiger partial charge in [-0.2, -0.15) is 5.10 Å². The maximum Gasteiger partial charge on any atom is 0.208 e.